The molecule has 204 valence electrons. The molecule has 2 heterocycles. The molecule has 39 heavy (non-hydrogen) atoms. The lowest BCUT2D eigenvalue weighted by atomic mass is 9.69. The van der Waals surface area contributed by atoms with E-state index in [2.05, 4.69) is 27.6 Å². The highest BCUT2D eigenvalue weighted by Gasteiger charge is 2.44. The maximum absolute atomic E-state index is 13.7. The highest BCUT2D eigenvalue weighted by atomic mass is 19.4. The number of hydrogen-bond donors (Lipinski definition) is 2. The fraction of sp³-hybridized carbons (Fsp3) is 0.414. The van der Waals surface area contributed by atoms with Gasteiger partial charge in [0, 0.05) is 12.8 Å². The van der Waals surface area contributed by atoms with Gasteiger partial charge in [-0.25, -0.2) is 4.79 Å². The number of alkyl halides is 3. The van der Waals surface area contributed by atoms with E-state index < -0.39 is 23.9 Å². The van der Waals surface area contributed by atoms with Gasteiger partial charge in [-0.1, -0.05) is 35.5 Å². The number of carbonyl (C=O) groups excluding carboxylic acids is 1. The second-order valence-corrected chi connectivity index (χ2v) is 10.6. The molecule has 2 aromatic carbocycles. The van der Waals surface area contributed by atoms with E-state index in [-0.39, 0.29) is 30.3 Å². The molecule has 1 amide bonds. The molecule has 1 aliphatic heterocycles. The summed E-state index contributed by atoms with van der Waals surface area (Å²) in [7, 11) is 0. The van der Waals surface area contributed by atoms with Crippen molar-refractivity contribution < 1.29 is 27.2 Å². The number of ether oxygens (including phenoxy) is 1. The zero-order valence-corrected chi connectivity index (χ0v) is 21.2. The van der Waals surface area contributed by atoms with Crippen molar-refractivity contribution in [2.75, 3.05) is 6.61 Å². The largest absolute Gasteiger partial charge is 0.494 e. The number of fused-ring (bicyclic) bond motifs is 2. The van der Waals surface area contributed by atoms with Crippen LogP contribution in [0.3, 0.4) is 0 Å². The number of aromatic nitrogens is 2. The van der Waals surface area contributed by atoms with Crippen LogP contribution in [0.4, 0.5) is 13.2 Å². The van der Waals surface area contributed by atoms with Crippen molar-refractivity contribution in [2.45, 2.75) is 69.0 Å². The molecule has 1 spiro atoms. The van der Waals surface area contributed by atoms with Gasteiger partial charge in [-0.05, 0) is 84.4 Å². The molecule has 1 aromatic heterocycles. The van der Waals surface area contributed by atoms with Gasteiger partial charge in [-0.3, -0.25) is 14.3 Å². The Morgan fingerprint density at radius 1 is 1.10 bits per heavy atom. The number of rotatable bonds is 7. The summed E-state index contributed by atoms with van der Waals surface area (Å²) >= 11 is 0. The summed E-state index contributed by atoms with van der Waals surface area (Å²) in [6.07, 6.45) is -0.0573. The van der Waals surface area contributed by atoms with Gasteiger partial charge in [-0.15, -0.1) is 0 Å². The topological polar surface area (TPSA) is 97.2 Å². The molecule has 0 saturated heterocycles. The van der Waals surface area contributed by atoms with Crippen LogP contribution in [0, 0.1) is 0 Å². The molecule has 0 unspecified atom stereocenters. The number of aryl methyl sites for hydroxylation is 1. The fourth-order valence-electron chi connectivity index (χ4n) is 5.88. The van der Waals surface area contributed by atoms with E-state index in [1.54, 1.807) is 6.07 Å². The maximum Gasteiger partial charge on any atom is 0.439 e. The van der Waals surface area contributed by atoms with Gasteiger partial charge in [-0.2, -0.15) is 13.2 Å². The first-order valence-electron chi connectivity index (χ1n) is 13.3. The number of nitrogens with one attached hydrogen (secondary N) is 2. The molecular formula is C29H28F3N3O4. The van der Waals surface area contributed by atoms with Crippen molar-refractivity contribution in [1.29, 1.82) is 0 Å². The molecule has 1 atom stereocenters. The Labute approximate surface area is 222 Å². The summed E-state index contributed by atoms with van der Waals surface area (Å²) in [6.45, 7) is -0.0246. The van der Waals surface area contributed by atoms with Gasteiger partial charge in [0.15, 0.2) is 5.82 Å². The van der Waals surface area contributed by atoms with Gasteiger partial charge in [0.25, 0.3) is 5.91 Å². The quantitative estimate of drug-likeness (QED) is 0.380. The van der Waals surface area contributed by atoms with Gasteiger partial charge in [0.05, 0.1) is 17.7 Å². The van der Waals surface area contributed by atoms with Crippen LogP contribution in [0.5, 0.6) is 5.75 Å². The molecule has 10 heteroatoms. The summed E-state index contributed by atoms with van der Waals surface area (Å²) in [5, 5.41) is 7.02. The Morgan fingerprint density at radius 3 is 2.59 bits per heavy atom. The second kappa shape index (κ2) is 9.73. The van der Waals surface area contributed by atoms with E-state index >= 15 is 0 Å². The third-order valence-corrected chi connectivity index (χ3v) is 7.86. The molecule has 3 aromatic rings. The van der Waals surface area contributed by atoms with Crippen LogP contribution < -0.4 is 15.8 Å². The van der Waals surface area contributed by atoms with Gasteiger partial charge in [0.1, 0.15) is 5.75 Å². The molecule has 6 rings (SSSR count). The molecule has 1 saturated carbocycles. The monoisotopic (exact) mass is 539 g/mol. The molecule has 1 fully saturated rings. The van der Waals surface area contributed by atoms with Crippen molar-refractivity contribution in [3.05, 3.63) is 81.1 Å². The molecule has 7 nitrogen and oxygen atoms in total. The predicted octanol–water partition coefficient (Wildman–Crippen LogP) is 5.62. The number of hydrogen-bond acceptors (Lipinski definition) is 5. The Bertz CT molecular complexity index is 1480. The number of nitrogens with zero attached hydrogens (tertiary/aromatic N) is 1. The highest BCUT2D eigenvalue weighted by molar-refractivity contribution is 6.27. The van der Waals surface area contributed by atoms with E-state index in [9.17, 15) is 22.8 Å². The molecule has 2 aliphatic carbocycles. The van der Waals surface area contributed by atoms with E-state index in [1.165, 1.54) is 18.4 Å². The number of aromatic amines is 1. The Balaban J connectivity index is 1.33. The van der Waals surface area contributed by atoms with Crippen molar-refractivity contribution in [2.24, 2.45) is 0 Å². The minimum absolute atomic E-state index is 0.0246. The van der Waals surface area contributed by atoms with Gasteiger partial charge in [0.2, 0.25) is 0 Å². The number of benzene rings is 2. The summed E-state index contributed by atoms with van der Waals surface area (Å²) < 4.78 is 47.7. The van der Waals surface area contributed by atoms with Crippen LogP contribution in [-0.4, -0.2) is 28.8 Å². The summed E-state index contributed by atoms with van der Waals surface area (Å²) in [5.74, 6) is 0.109. The minimum atomic E-state index is -4.20. The van der Waals surface area contributed by atoms with Crippen LogP contribution in [0.15, 0.2) is 51.8 Å². The van der Waals surface area contributed by atoms with Crippen LogP contribution in [0.1, 0.15) is 78.9 Å². The van der Waals surface area contributed by atoms with Crippen LogP contribution >= 0.6 is 0 Å². The van der Waals surface area contributed by atoms with Crippen LogP contribution in [-0.2, 0) is 16.8 Å². The maximum atomic E-state index is 13.7. The Morgan fingerprint density at radius 2 is 1.90 bits per heavy atom. The first kappa shape index (κ1) is 25.5. The number of carbonyl (C=O) groups is 1. The zero-order chi connectivity index (χ0) is 27.2. The number of halogens is 3. The minimum Gasteiger partial charge on any atom is -0.494 e. The van der Waals surface area contributed by atoms with Crippen molar-refractivity contribution in [3.63, 3.8) is 0 Å². The molecular weight excluding hydrogens is 511 g/mol. The van der Waals surface area contributed by atoms with E-state index in [0.717, 1.165) is 35.1 Å². The lowest BCUT2D eigenvalue weighted by Crippen LogP contribution is -2.51. The standard InChI is InChI=1S/C29H28F3N3O4/c30-29(31,32)13-2-14-38-21-10-11-23-20(15-21)3-1-12-28(23)16-22(19-8-6-18(7-9-19)17-4-5-17)24(26(36)34-28)25-33-27(37)39-35-25/h6-11,15,17H,1-5,12-14,16H2,(H,34,36)(H,33,35,37)/t28-/m0/s1. The van der Waals surface area contributed by atoms with Gasteiger partial charge < -0.3 is 10.1 Å². The van der Waals surface area contributed by atoms with E-state index in [1.807, 2.05) is 24.3 Å². The average molecular weight is 540 g/mol. The van der Waals surface area contributed by atoms with Gasteiger partial charge >= 0.3 is 11.9 Å². The first-order chi connectivity index (χ1) is 18.7. The molecule has 0 radical (unpaired) electrons. The van der Waals surface area contributed by atoms with E-state index in [4.69, 9.17) is 9.26 Å². The summed E-state index contributed by atoms with van der Waals surface area (Å²) in [4.78, 5) is 28.0. The van der Waals surface area contributed by atoms with Crippen LogP contribution in [0.2, 0.25) is 0 Å². The smallest absolute Gasteiger partial charge is 0.439 e. The third-order valence-electron chi connectivity index (χ3n) is 7.86. The average Bonchev–Trinajstić information content (AvgIpc) is 3.67. The molecule has 3 aliphatic rings. The highest BCUT2D eigenvalue weighted by Crippen LogP contribution is 2.48. The van der Waals surface area contributed by atoms with E-state index in [0.29, 0.717) is 24.5 Å². The molecule has 2 N–H and O–H groups in total. The SMILES string of the molecule is O=C1N[C@@]2(CCCc3cc(OCCCC(F)(F)F)ccc32)CC(c2ccc(C3CC3)cc2)=C1c1noc(=O)[nH]1. The second-order valence-electron chi connectivity index (χ2n) is 10.6. The third kappa shape index (κ3) is 5.24. The number of H-pyrrole nitrogens is 1. The lowest BCUT2D eigenvalue weighted by Gasteiger charge is -2.44. The predicted molar refractivity (Wildman–Crippen MR) is 137 cm³/mol. The number of amides is 1. The van der Waals surface area contributed by atoms with Crippen molar-refractivity contribution >= 4 is 17.1 Å². The van der Waals surface area contributed by atoms with Crippen molar-refractivity contribution in [1.82, 2.24) is 15.5 Å². The zero-order valence-electron chi connectivity index (χ0n) is 21.2. The van der Waals surface area contributed by atoms with Crippen molar-refractivity contribution in [3.8, 4) is 5.75 Å². The Kier molecular flexibility index (Phi) is 6.35. The summed E-state index contributed by atoms with van der Waals surface area (Å²) in [6, 6.07) is 13.8. The summed E-state index contributed by atoms with van der Waals surface area (Å²) in [5.41, 5.74) is 4.48. The fourth-order valence-corrected chi connectivity index (χ4v) is 5.88. The first-order valence-corrected chi connectivity index (χ1v) is 13.3. The lowest BCUT2D eigenvalue weighted by molar-refractivity contribution is -0.136. The normalized spacial score (nSPS) is 21.2. The molecule has 0 bridgehead atoms. The van der Waals surface area contributed by atoms with Crippen LogP contribution in [0.25, 0.3) is 11.1 Å². The Hall–Kier alpha value is -3.82.